The van der Waals surface area contributed by atoms with Gasteiger partial charge in [0.05, 0.1) is 18.2 Å². The average Bonchev–Trinajstić information content (AvgIpc) is 3.29. The number of thiophene rings is 1. The summed E-state index contributed by atoms with van der Waals surface area (Å²) in [7, 11) is 3.99. The molecule has 0 unspecified atom stereocenters. The smallest absolute Gasteiger partial charge is 0.251 e. The highest BCUT2D eigenvalue weighted by Gasteiger charge is 2.30. The molecule has 0 aliphatic carbocycles. The summed E-state index contributed by atoms with van der Waals surface area (Å²) in [6.45, 7) is 0.686. The molecule has 7 heteroatoms. The van der Waals surface area contributed by atoms with Crippen LogP contribution in [0, 0.1) is 0 Å². The van der Waals surface area contributed by atoms with Gasteiger partial charge in [0.25, 0.3) is 5.56 Å². The van der Waals surface area contributed by atoms with Gasteiger partial charge < -0.3 is 14.8 Å². The maximum Gasteiger partial charge on any atom is 0.251 e. The Morgan fingerprint density at radius 3 is 2.73 bits per heavy atom. The Labute approximate surface area is 180 Å². The van der Waals surface area contributed by atoms with E-state index < -0.39 is 0 Å². The highest BCUT2D eigenvalue weighted by atomic mass is 32.1. The van der Waals surface area contributed by atoms with Gasteiger partial charge in [-0.05, 0) is 48.4 Å². The number of hydrogen-bond acceptors (Lipinski definition) is 5. The van der Waals surface area contributed by atoms with Crippen LogP contribution < -0.4 is 10.5 Å². The van der Waals surface area contributed by atoms with E-state index in [1.807, 2.05) is 65.0 Å². The van der Waals surface area contributed by atoms with Crippen molar-refractivity contribution < 1.29 is 4.79 Å². The molecule has 0 bridgehead atoms. The van der Waals surface area contributed by atoms with Crippen LogP contribution in [0.2, 0.25) is 0 Å². The molecule has 4 rings (SSSR count). The molecule has 1 aromatic carbocycles. The number of benzene rings is 1. The van der Waals surface area contributed by atoms with Crippen LogP contribution in [0.1, 0.15) is 36.7 Å². The van der Waals surface area contributed by atoms with Crippen molar-refractivity contribution in [3.63, 3.8) is 0 Å². The van der Waals surface area contributed by atoms with Gasteiger partial charge in [0.1, 0.15) is 5.82 Å². The standard InChI is InChI=1S/C23H26N4O2S/c1-26(2)18-8-6-16(7-9-18)13-22(29)27-11-4-3-5-20(27)23-24-19(14-21(28)25-23)17-10-12-30-15-17/h6-10,12,14-15,20H,3-5,11,13H2,1-2H3,(H,24,25,28)/t20-/m0/s1. The van der Waals surface area contributed by atoms with Gasteiger partial charge in [-0.2, -0.15) is 11.3 Å². The van der Waals surface area contributed by atoms with E-state index in [1.54, 1.807) is 11.3 Å². The summed E-state index contributed by atoms with van der Waals surface area (Å²) in [6, 6.07) is 11.3. The number of H-pyrrole nitrogens is 1. The van der Waals surface area contributed by atoms with Gasteiger partial charge in [-0.15, -0.1) is 0 Å². The monoisotopic (exact) mass is 422 g/mol. The first-order valence-corrected chi connectivity index (χ1v) is 11.1. The number of carbonyl (C=O) groups is 1. The number of amides is 1. The molecule has 3 heterocycles. The quantitative estimate of drug-likeness (QED) is 0.678. The highest BCUT2D eigenvalue weighted by Crippen LogP contribution is 2.30. The molecule has 6 nitrogen and oxygen atoms in total. The van der Waals surface area contributed by atoms with Crippen LogP contribution in [-0.2, 0) is 11.2 Å². The Kier molecular flexibility index (Phi) is 5.99. The minimum Gasteiger partial charge on any atom is -0.378 e. The zero-order valence-corrected chi connectivity index (χ0v) is 18.1. The molecule has 1 saturated heterocycles. The Morgan fingerprint density at radius 2 is 2.03 bits per heavy atom. The lowest BCUT2D eigenvalue weighted by atomic mass is 9.99. The van der Waals surface area contributed by atoms with Crippen molar-refractivity contribution in [1.29, 1.82) is 0 Å². The van der Waals surface area contributed by atoms with Crippen molar-refractivity contribution in [2.45, 2.75) is 31.7 Å². The second-order valence-electron chi connectivity index (χ2n) is 7.86. The number of carbonyl (C=O) groups excluding carboxylic acids is 1. The zero-order valence-electron chi connectivity index (χ0n) is 17.3. The normalized spacial score (nSPS) is 16.5. The summed E-state index contributed by atoms with van der Waals surface area (Å²) >= 11 is 1.57. The van der Waals surface area contributed by atoms with E-state index in [9.17, 15) is 9.59 Å². The van der Waals surface area contributed by atoms with E-state index in [1.165, 1.54) is 6.07 Å². The molecule has 1 amide bonds. The minimum atomic E-state index is -0.196. The molecule has 3 aromatic rings. The minimum absolute atomic E-state index is 0.0703. The third kappa shape index (κ3) is 4.46. The first-order chi connectivity index (χ1) is 14.5. The molecule has 2 aromatic heterocycles. The van der Waals surface area contributed by atoms with Gasteiger partial charge in [0.2, 0.25) is 5.91 Å². The predicted molar refractivity (Wildman–Crippen MR) is 121 cm³/mol. The third-order valence-corrected chi connectivity index (χ3v) is 6.21. The number of nitrogens with zero attached hydrogens (tertiary/aromatic N) is 3. The molecule has 1 fully saturated rings. The summed E-state index contributed by atoms with van der Waals surface area (Å²) < 4.78 is 0. The topological polar surface area (TPSA) is 69.3 Å². The van der Waals surface area contributed by atoms with Gasteiger partial charge in [-0.25, -0.2) is 4.98 Å². The van der Waals surface area contributed by atoms with Gasteiger partial charge in [-0.1, -0.05) is 12.1 Å². The lowest BCUT2D eigenvalue weighted by Gasteiger charge is -2.35. The SMILES string of the molecule is CN(C)c1ccc(CC(=O)N2CCCC[C@H]2c2nc(-c3ccsc3)cc(=O)[nH]2)cc1. The summed E-state index contributed by atoms with van der Waals surface area (Å²) in [5, 5.41) is 3.95. The van der Waals surface area contributed by atoms with E-state index >= 15 is 0 Å². The fraction of sp³-hybridized carbons (Fsp3) is 0.348. The maximum absolute atomic E-state index is 13.2. The first kappa shape index (κ1) is 20.3. The summed E-state index contributed by atoms with van der Waals surface area (Å²) in [5.41, 5.74) is 3.50. The zero-order chi connectivity index (χ0) is 21.1. The molecule has 0 saturated carbocycles. The van der Waals surface area contributed by atoms with Crippen LogP contribution in [0.25, 0.3) is 11.3 Å². The van der Waals surface area contributed by atoms with Crippen molar-refractivity contribution in [3.8, 4) is 11.3 Å². The summed E-state index contributed by atoms with van der Waals surface area (Å²) in [4.78, 5) is 37.0. The van der Waals surface area contributed by atoms with E-state index in [-0.39, 0.29) is 17.5 Å². The van der Waals surface area contributed by atoms with Crippen molar-refractivity contribution in [3.05, 3.63) is 68.9 Å². The second-order valence-corrected chi connectivity index (χ2v) is 8.64. The fourth-order valence-corrected chi connectivity index (χ4v) is 4.54. The lowest BCUT2D eigenvalue weighted by Crippen LogP contribution is -2.40. The maximum atomic E-state index is 13.2. The van der Waals surface area contributed by atoms with Crippen molar-refractivity contribution in [2.24, 2.45) is 0 Å². The third-order valence-electron chi connectivity index (χ3n) is 5.52. The van der Waals surface area contributed by atoms with Gasteiger partial charge >= 0.3 is 0 Å². The predicted octanol–water partition coefficient (Wildman–Crippen LogP) is 3.86. The fourth-order valence-electron chi connectivity index (χ4n) is 3.89. The molecule has 1 atom stereocenters. The average molecular weight is 423 g/mol. The van der Waals surface area contributed by atoms with Crippen LogP contribution in [0.15, 0.2) is 52.0 Å². The van der Waals surface area contributed by atoms with E-state index in [0.29, 0.717) is 24.5 Å². The molecule has 156 valence electrons. The number of anilines is 1. The lowest BCUT2D eigenvalue weighted by molar-refractivity contribution is -0.134. The Bertz CT molecular complexity index is 1060. The van der Waals surface area contributed by atoms with Gasteiger partial charge in [0.15, 0.2) is 0 Å². The second kappa shape index (κ2) is 8.83. The molecule has 30 heavy (non-hydrogen) atoms. The van der Waals surface area contributed by atoms with Crippen LogP contribution in [0.3, 0.4) is 0 Å². The van der Waals surface area contributed by atoms with Crippen LogP contribution in [-0.4, -0.2) is 41.4 Å². The summed E-state index contributed by atoms with van der Waals surface area (Å²) in [5.74, 6) is 0.653. The molecule has 1 N–H and O–H groups in total. The highest BCUT2D eigenvalue weighted by molar-refractivity contribution is 7.08. The van der Waals surface area contributed by atoms with Gasteiger partial charge in [-0.3, -0.25) is 9.59 Å². The van der Waals surface area contributed by atoms with Crippen LogP contribution in [0.5, 0.6) is 0 Å². The number of piperidine rings is 1. The Balaban J connectivity index is 1.57. The largest absolute Gasteiger partial charge is 0.378 e. The summed E-state index contributed by atoms with van der Waals surface area (Å²) in [6.07, 6.45) is 3.13. The molecular weight excluding hydrogens is 396 g/mol. The van der Waals surface area contributed by atoms with Crippen molar-refractivity contribution >= 4 is 22.9 Å². The van der Waals surface area contributed by atoms with Crippen molar-refractivity contribution in [1.82, 2.24) is 14.9 Å². The van der Waals surface area contributed by atoms with E-state index in [0.717, 1.165) is 36.1 Å². The number of aromatic amines is 1. The van der Waals surface area contributed by atoms with E-state index in [2.05, 4.69) is 4.98 Å². The molecule has 0 radical (unpaired) electrons. The molecule has 1 aliphatic rings. The number of aromatic nitrogens is 2. The Morgan fingerprint density at radius 1 is 1.23 bits per heavy atom. The van der Waals surface area contributed by atoms with Gasteiger partial charge in [0, 0.05) is 43.3 Å². The number of likely N-dealkylation sites (tertiary alicyclic amines) is 1. The molecule has 0 spiro atoms. The first-order valence-electron chi connectivity index (χ1n) is 10.2. The number of hydrogen-bond donors (Lipinski definition) is 1. The molecular formula is C23H26N4O2S. The Hall–Kier alpha value is -2.93. The van der Waals surface area contributed by atoms with Crippen LogP contribution in [0.4, 0.5) is 5.69 Å². The number of nitrogens with one attached hydrogen (secondary N) is 1. The van der Waals surface area contributed by atoms with Crippen LogP contribution >= 0.6 is 11.3 Å². The van der Waals surface area contributed by atoms with Crippen molar-refractivity contribution in [2.75, 3.05) is 25.5 Å². The molecule has 1 aliphatic heterocycles. The van der Waals surface area contributed by atoms with E-state index in [4.69, 9.17) is 4.98 Å². The number of rotatable bonds is 5.